The SMILES string of the molecule is Cn1/c(=N/N=c2\oc3ccccc3n2C)oc2ccccc21. The van der Waals surface area contributed by atoms with Crippen LogP contribution in [-0.4, -0.2) is 9.13 Å². The Kier molecular flexibility index (Phi) is 2.75. The van der Waals surface area contributed by atoms with Crippen molar-refractivity contribution < 1.29 is 8.83 Å². The molecule has 4 aromatic rings. The maximum atomic E-state index is 5.69. The summed E-state index contributed by atoms with van der Waals surface area (Å²) in [7, 11) is 3.78. The first-order chi connectivity index (χ1) is 10.7. The van der Waals surface area contributed by atoms with E-state index in [1.807, 2.05) is 71.8 Å². The van der Waals surface area contributed by atoms with Crippen LogP contribution in [0, 0.1) is 0 Å². The third-order valence-electron chi connectivity index (χ3n) is 3.65. The predicted octanol–water partition coefficient (Wildman–Crippen LogP) is 2.27. The van der Waals surface area contributed by atoms with Crippen LogP contribution in [0.2, 0.25) is 0 Å². The summed E-state index contributed by atoms with van der Waals surface area (Å²) >= 11 is 0. The van der Waals surface area contributed by atoms with Crippen LogP contribution in [0.4, 0.5) is 0 Å². The molecule has 0 aliphatic rings. The first-order valence-corrected chi connectivity index (χ1v) is 6.91. The highest BCUT2D eigenvalue weighted by Gasteiger charge is 2.04. The molecule has 4 rings (SSSR count). The molecule has 2 aromatic heterocycles. The van der Waals surface area contributed by atoms with Crippen molar-refractivity contribution in [2.45, 2.75) is 0 Å². The second-order valence-electron chi connectivity index (χ2n) is 5.02. The van der Waals surface area contributed by atoms with E-state index in [0.717, 1.165) is 22.2 Å². The van der Waals surface area contributed by atoms with E-state index in [-0.39, 0.29) is 0 Å². The van der Waals surface area contributed by atoms with Crippen LogP contribution in [-0.2, 0) is 14.1 Å². The van der Waals surface area contributed by atoms with Gasteiger partial charge in [-0.15, -0.1) is 0 Å². The topological polar surface area (TPSA) is 60.9 Å². The van der Waals surface area contributed by atoms with Gasteiger partial charge in [0.15, 0.2) is 11.2 Å². The Morgan fingerprint density at radius 2 is 1.09 bits per heavy atom. The molecule has 0 atom stereocenters. The second-order valence-corrected chi connectivity index (χ2v) is 5.02. The van der Waals surface area contributed by atoms with E-state index in [0.29, 0.717) is 11.4 Å². The quantitative estimate of drug-likeness (QED) is 0.506. The molecule has 0 fully saturated rings. The molecule has 2 heterocycles. The largest absolute Gasteiger partial charge is 0.422 e. The first kappa shape index (κ1) is 12.7. The Morgan fingerprint density at radius 1 is 0.682 bits per heavy atom. The zero-order chi connectivity index (χ0) is 15.1. The number of aromatic nitrogens is 2. The normalized spacial score (nSPS) is 13.5. The Labute approximate surface area is 125 Å². The van der Waals surface area contributed by atoms with E-state index in [9.17, 15) is 0 Å². The van der Waals surface area contributed by atoms with Gasteiger partial charge >= 0.3 is 11.4 Å². The Hall–Kier alpha value is -3.02. The highest BCUT2D eigenvalue weighted by Crippen LogP contribution is 2.11. The summed E-state index contributed by atoms with van der Waals surface area (Å²) in [5.74, 6) is 0. The molecule has 2 aromatic carbocycles. The lowest BCUT2D eigenvalue weighted by Gasteiger charge is -1.90. The van der Waals surface area contributed by atoms with E-state index in [1.54, 1.807) is 0 Å². The molecule has 0 aliphatic carbocycles. The predicted molar refractivity (Wildman–Crippen MR) is 81.5 cm³/mol. The highest BCUT2D eigenvalue weighted by molar-refractivity contribution is 5.72. The minimum atomic E-state index is 0.418. The molecule has 0 bridgehead atoms. The van der Waals surface area contributed by atoms with E-state index >= 15 is 0 Å². The maximum absolute atomic E-state index is 5.69. The average Bonchev–Trinajstić information content (AvgIpc) is 3.04. The fourth-order valence-corrected chi connectivity index (χ4v) is 2.44. The monoisotopic (exact) mass is 294 g/mol. The fourth-order valence-electron chi connectivity index (χ4n) is 2.44. The summed E-state index contributed by atoms with van der Waals surface area (Å²) in [4.78, 5) is 0. The van der Waals surface area contributed by atoms with E-state index in [1.165, 1.54) is 0 Å². The molecule has 0 N–H and O–H groups in total. The van der Waals surface area contributed by atoms with Gasteiger partial charge in [-0.25, -0.2) is 0 Å². The number of fused-ring (bicyclic) bond motifs is 2. The van der Waals surface area contributed by atoms with E-state index < -0.39 is 0 Å². The minimum Gasteiger partial charge on any atom is -0.422 e. The van der Waals surface area contributed by atoms with Crippen molar-refractivity contribution in [3.63, 3.8) is 0 Å². The molecule has 0 aliphatic heterocycles. The summed E-state index contributed by atoms with van der Waals surface area (Å²) in [6.07, 6.45) is 0. The van der Waals surface area contributed by atoms with Crippen LogP contribution in [0.5, 0.6) is 0 Å². The molecule has 110 valence electrons. The van der Waals surface area contributed by atoms with Crippen LogP contribution >= 0.6 is 0 Å². The molecule has 0 amide bonds. The Balaban J connectivity index is 1.94. The van der Waals surface area contributed by atoms with Gasteiger partial charge in [0, 0.05) is 14.1 Å². The van der Waals surface area contributed by atoms with Gasteiger partial charge in [-0.2, -0.15) is 0 Å². The smallest absolute Gasteiger partial charge is 0.321 e. The van der Waals surface area contributed by atoms with Crippen molar-refractivity contribution in [3.8, 4) is 0 Å². The van der Waals surface area contributed by atoms with Crippen molar-refractivity contribution in [1.82, 2.24) is 9.13 Å². The molecular weight excluding hydrogens is 280 g/mol. The van der Waals surface area contributed by atoms with Gasteiger partial charge in [0.1, 0.15) is 0 Å². The highest BCUT2D eigenvalue weighted by atomic mass is 16.4. The summed E-state index contributed by atoms with van der Waals surface area (Å²) < 4.78 is 15.1. The standard InChI is InChI=1S/C16H14N4O2/c1-19-11-7-3-5-9-13(11)21-15(19)17-18-16-20(2)12-8-4-6-10-14(12)22-16/h3-10H,1-2H3/b17-15-,18-16-. The molecule has 6 nitrogen and oxygen atoms in total. The minimum absolute atomic E-state index is 0.418. The number of hydrogen-bond acceptors (Lipinski definition) is 4. The molecule has 0 radical (unpaired) electrons. The van der Waals surface area contributed by atoms with Gasteiger partial charge in [0.2, 0.25) is 0 Å². The summed E-state index contributed by atoms with van der Waals surface area (Å²) in [6.45, 7) is 0. The van der Waals surface area contributed by atoms with E-state index in [4.69, 9.17) is 8.83 Å². The molecule has 0 saturated carbocycles. The average molecular weight is 294 g/mol. The number of para-hydroxylation sites is 4. The molecule has 0 unspecified atom stereocenters. The van der Waals surface area contributed by atoms with Crippen molar-refractivity contribution in [2.75, 3.05) is 0 Å². The van der Waals surface area contributed by atoms with E-state index in [2.05, 4.69) is 10.2 Å². The molecular formula is C16H14N4O2. The zero-order valence-corrected chi connectivity index (χ0v) is 12.2. The summed E-state index contributed by atoms with van der Waals surface area (Å²) in [5, 5.41) is 8.35. The maximum Gasteiger partial charge on any atom is 0.321 e. The lowest BCUT2D eigenvalue weighted by Crippen LogP contribution is -2.15. The van der Waals surface area contributed by atoms with Gasteiger partial charge in [0.25, 0.3) is 0 Å². The molecule has 6 heteroatoms. The Morgan fingerprint density at radius 3 is 1.50 bits per heavy atom. The van der Waals surface area contributed by atoms with Crippen LogP contribution < -0.4 is 11.4 Å². The number of benzene rings is 2. The van der Waals surface area contributed by atoms with Crippen LogP contribution in [0.3, 0.4) is 0 Å². The molecule has 0 saturated heterocycles. The third-order valence-corrected chi connectivity index (χ3v) is 3.65. The lowest BCUT2D eigenvalue weighted by molar-refractivity contribution is 0.473. The van der Waals surface area contributed by atoms with Gasteiger partial charge in [0.05, 0.1) is 11.0 Å². The van der Waals surface area contributed by atoms with Gasteiger partial charge < -0.3 is 8.83 Å². The van der Waals surface area contributed by atoms with Crippen LogP contribution in [0.25, 0.3) is 22.2 Å². The van der Waals surface area contributed by atoms with Crippen molar-refractivity contribution in [3.05, 3.63) is 59.9 Å². The fraction of sp³-hybridized carbons (Fsp3) is 0.125. The van der Waals surface area contributed by atoms with Crippen molar-refractivity contribution in [2.24, 2.45) is 24.3 Å². The number of aryl methyl sites for hydroxylation is 2. The molecule has 22 heavy (non-hydrogen) atoms. The van der Waals surface area contributed by atoms with Crippen molar-refractivity contribution in [1.29, 1.82) is 0 Å². The molecule has 0 spiro atoms. The summed E-state index contributed by atoms with van der Waals surface area (Å²) in [5.41, 5.74) is 4.31. The number of oxazole rings is 2. The first-order valence-electron chi connectivity index (χ1n) is 6.91. The number of nitrogens with zero attached hydrogens (tertiary/aromatic N) is 4. The van der Waals surface area contributed by atoms with Gasteiger partial charge in [-0.3, -0.25) is 9.13 Å². The zero-order valence-electron chi connectivity index (χ0n) is 12.2. The Bertz CT molecular complexity index is 1020. The number of hydrogen-bond donors (Lipinski definition) is 0. The van der Waals surface area contributed by atoms with Gasteiger partial charge in [-0.05, 0) is 24.3 Å². The second kappa shape index (κ2) is 4.77. The number of rotatable bonds is 1. The van der Waals surface area contributed by atoms with Crippen LogP contribution in [0.15, 0.2) is 67.6 Å². The van der Waals surface area contributed by atoms with Crippen LogP contribution in [0.1, 0.15) is 0 Å². The summed E-state index contributed by atoms with van der Waals surface area (Å²) in [6, 6.07) is 15.5. The lowest BCUT2D eigenvalue weighted by atomic mass is 10.3. The third kappa shape index (κ3) is 1.88. The van der Waals surface area contributed by atoms with Gasteiger partial charge in [-0.1, -0.05) is 34.5 Å². The van der Waals surface area contributed by atoms with Crippen molar-refractivity contribution >= 4 is 22.2 Å².